The number of pyridine rings is 1. The highest BCUT2D eigenvalue weighted by Gasteiger charge is 2.31. The molecule has 2 saturated heterocycles. The number of hydrogen-bond donors (Lipinski definition) is 1. The number of nitrogens with one attached hydrogen (secondary N) is 1. The zero-order valence-electron chi connectivity index (χ0n) is 19.2. The summed E-state index contributed by atoms with van der Waals surface area (Å²) in [6, 6.07) is 6.49. The lowest BCUT2D eigenvalue weighted by molar-refractivity contribution is -0.125. The molecule has 34 heavy (non-hydrogen) atoms. The van der Waals surface area contributed by atoms with Crippen molar-refractivity contribution in [3.63, 3.8) is 0 Å². The first-order valence-electron chi connectivity index (χ1n) is 11.8. The van der Waals surface area contributed by atoms with E-state index in [1.54, 1.807) is 24.4 Å². The van der Waals surface area contributed by atoms with Gasteiger partial charge in [0, 0.05) is 50.4 Å². The molecule has 0 atom stereocenters. The molecule has 0 bridgehead atoms. The largest absolute Gasteiger partial charge is 0.370 e. The summed E-state index contributed by atoms with van der Waals surface area (Å²) in [4.78, 5) is 35.6. The fourth-order valence-corrected chi connectivity index (χ4v) is 5.70. The van der Waals surface area contributed by atoms with Gasteiger partial charge < -0.3 is 15.1 Å². The van der Waals surface area contributed by atoms with E-state index in [0.717, 1.165) is 47.5 Å². The maximum absolute atomic E-state index is 13.9. The molecular formula is C25H28FN5O2S. The van der Waals surface area contributed by atoms with Gasteiger partial charge in [0.1, 0.15) is 10.6 Å². The summed E-state index contributed by atoms with van der Waals surface area (Å²) in [5.74, 6) is -0.476. The number of likely N-dealkylation sites (tertiary alicyclic amines) is 1. The molecule has 1 N–H and O–H groups in total. The van der Waals surface area contributed by atoms with Gasteiger partial charge >= 0.3 is 0 Å². The number of benzene rings is 1. The second kappa shape index (κ2) is 9.66. The molecule has 2 aliphatic rings. The third-order valence-corrected chi connectivity index (χ3v) is 7.71. The predicted octanol–water partition coefficient (Wildman–Crippen LogP) is 3.91. The lowest BCUT2D eigenvalue weighted by atomic mass is 9.94. The summed E-state index contributed by atoms with van der Waals surface area (Å²) < 4.78 is 18.4. The second-order valence-corrected chi connectivity index (χ2v) is 9.79. The predicted molar refractivity (Wildman–Crippen MR) is 130 cm³/mol. The summed E-state index contributed by atoms with van der Waals surface area (Å²) in [7, 11) is 0. The molecule has 0 saturated carbocycles. The van der Waals surface area contributed by atoms with Crippen LogP contribution in [0.1, 0.15) is 47.3 Å². The van der Waals surface area contributed by atoms with Gasteiger partial charge in [-0.25, -0.2) is 9.37 Å². The molecule has 1 aromatic carbocycles. The Morgan fingerprint density at radius 3 is 2.62 bits per heavy atom. The van der Waals surface area contributed by atoms with E-state index in [1.807, 2.05) is 11.8 Å². The van der Waals surface area contributed by atoms with Crippen molar-refractivity contribution in [2.45, 2.75) is 39.2 Å². The van der Waals surface area contributed by atoms with Crippen LogP contribution in [0.15, 0.2) is 30.5 Å². The molecule has 178 valence electrons. The smallest absolute Gasteiger partial charge is 0.257 e. The Kier molecular flexibility index (Phi) is 6.45. The van der Waals surface area contributed by atoms with Crippen molar-refractivity contribution in [2.75, 3.05) is 31.1 Å². The van der Waals surface area contributed by atoms with Crippen molar-refractivity contribution in [1.82, 2.24) is 19.6 Å². The standard InChI is InChI=1S/C25H28FN5O2S/c1-16-21-22(19(15-28-24(21)34-29-16)25(33)31-10-4-5-11-31)30-12-8-17(9-13-30)23(32)27-14-18-6-2-3-7-20(18)26/h2-3,6-7,15,17H,4-5,8-14H2,1H3,(H,27,32). The van der Waals surface area contributed by atoms with Crippen molar-refractivity contribution in [3.05, 3.63) is 53.1 Å². The van der Waals surface area contributed by atoms with Crippen LogP contribution in [-0.2, 0) is 11.3 Å². The van der Waals surface area contributed by atoms with E-state index >= 15 is 0 Å². The van der Waals surface area contributed by atoms with Gasteiger partial charge in [-0.1, -0.05) is 18.2 Å². The molecule has 0 radical (unpaired) electrons. The third-order valence-electron chi connectivity index (χ3n) is 6.86. The molecule has 2 aromatic heterocycles. The molecule has 0 aliphatic carbocycles. The van der Waals surface area contributed by atoms with Crippen LogP contribution in [0.5, 0.6) is 0 Å². The Hall–Kier alpha value is -3.07. The zero-order valence-corrected chi connectivity index (χ0v) is 20.0. The molecular weight excluding hydrogens is 453 g/mol. The highest BCUT2D eigenvalue weighted by molar-refractivity contribution is 7.13. The highest BCUT2D eigenvalue weighted by Crippen LogP contribution is 2.37. The van der Waals surface area contributed by atoms with Gasteiger partial charge in [-0.3, -0.25) is 9.59 Å². The number of carbonyl (C=O) groups excluding carboxylic acids is 2. The lowest BCUT2D eigenvalue weighted by Gasteiger charge is -2.34. The number of anilines is 1. The first-order chi connectivity index (χ1) is 16.5. The number of piperidine rings is 1. The quantitative estimate of drug-likeness (QED) is 0.598. The monoisotopic (exact) mass is 481 g/mol. The Morgan fingerprint density at radius 1 is 1.15 bits per heavy atom. The van der Waals surface area contributed by atoms with Gasteiger partial charge in [0.05, 0.1) is 22.3 Å². The van der Waals surface area contributed by atoms with Gasteiger partial charge in [0.2, 0.25) is 5.91 Å². The lowest BCUT2D eigenvalue weighted by Crippen LogP contribution is -2.41. The van der Waals surface area contributed by atoms with Crippen LogP contribution in [-0.4, -0.2) is 52.3 Å². The molecule has 2 amide bonds. The van der Waals surface area contributed by atoms with Gasteiger partial charge in [-0.05, 0) is 50.2 Å². The van der Waals surface area contributed by atoms with E-state index in [0.29, 0.717) is 37.1 Å². The third kappa shape index (κ3) is 4.36. The maximum Gasteiger partial charge on any atom is 0.257 e. The molecule has 2 aliphatic heterocycles. The Morgan fingerprint density at radius 2 is 1.88 bits per heavy atom. The van der Waals surface area contributed by atoms with Gasteiger partial charge in [0.15, 0.2) is 0 Å². The number of halogens is 1. The number of rotatable bonds is 5. The van der Waals surface area contributed by atoms with Gasteiger partial charge in [-0.2, -0.15) is 4.37 Å². The molecule has 9 heteroatoms. The van der Waals surface area contributed by atoms with Crippen LogP contribution < -0.4 is 10.2 Å². The summed E-state index contributed by atoms with van der Waals surface area (Å²) in [6.45, 7) is 5.02. The van der Waals surface area contributed by atoms with Crippen molar-refractivity contribution in [1.29, 1.82) is 0 Å². The molecule has 7 nitrogen and oxygen atoms in total. The minimum Gasteiger partial charge on any atom is -0.370 e. The minimum absolute atomic E-state index is 0.0252. The number of carbonyl (C=O) groups is 2. The SMILES string of the molecule is Cc1nsc2ncc(C(=O)N3CCCC3)c(N3CCC(C(=O)NCc4ccccc4F)CC3)c12. The summed E-state index contributed by atoms with van der Waals surface area (Å²) in [6.07, 6.45) is 5.09. The number of fused-ring (bicyclic) bond motifs is 1. The van der Waals surface area contributed by atoms with Crippen molar-refractivity contribution in [2.24, 2.45) is 5.92 Å². The molecule has 2 fully saturated rings. The van der Waals surface area contributed by atoms with Crippen LogP contribution in [0.3, 0.4) is 0 Å². The molecule has 5 rings (SSSR count). The fourth-order valence-electron chi connectivity index (χ4n) is 4.95. The van der Waals surface area contributed by atoms with Gasteiger partial charge in [-0.15, -0.1) is 0 Å². The fraction of sp³-hybridized carbons (Fsp3) is 0.440. The van der Waals surface area contributed by atoms with Crippen molar-refractivity contribution >= 4 is 39.3 Å². The van der Waals surface area contributed by atoms with Crippen LogP contribution in [0.4, 0.5) is 10.1 Å². The topological polar surface area (TPSA) is 78.4 Å². The summed E-state index contributed by atoms with van der Waals surface area (Å²) in [5.41, 5.74) is 2.89. The first-order valence-corrected chi connectivity index (χ1v) is 12.6. The first kappa shape index (κ1) is 22.7. The molecule has 0 spiro atoms. The van der Waals surface area contributed by atoms with E-state index in [-0.39, 0.29) is 30.1 Å². The minimum atomic E-state index is -0.311. The van der Waals surface area contributed by atoms with Crippen LogP contribution in [0.25, 0.3) is 10.2 Å². The summed E-state index contributed by atoms with van der Waals surface area (Å²) >= 11 is 1.35. The van der Waals surface area contributed by atoms with Gasteiger partial charge in [0.25, 0.3) is 5.91 Å². The van der Waals surface area contributed by atoms with Crippen LogP contribution in [0, 0.1) is 18.7 Å². The van der Waals surface area contributed by atoms with E-state index in [4.69, 9.17) is 0 Å². The number of nitrogens with zero attached hydrogens (tertiary/aromatic N) is 4. The summed E-state index contributed by atoms with van der Waals surface area (Å²) in [5, 5.41) is 3.83. The molecule has 4 heterocycles. The number of hydrogen-bond acceptors (Lipinski definition) is 6. The average molecular weight is 482 g/mol. The second-order valence-electron chi connectivity index (χ2n) is 9.04. The van der Waals surface area contributed by atoms with Crippen molar-refractivity contribution < 1.29 is 14.0 Å². The highest BCUT2D eigenvalue weighted by atomic mass is 32.1. The number of aryl methyl sites for hydroxylation is 1. The Bertz CT molecular complexity index is 1220. The number of amides is 2. The average Bonchev–Trinajstić information content (AvgIpc) is 3.53. The number of aromatic nitrogens is 2. The maximum atomic E-state index is 13.9. The zero-order chi connectivity index (χ0) is 23.7. The normalized spacial score (nSPS) is 16.9. The van der Waals surface area contributed by atoms with Crippen LogP contribution in [0.2, 0.25) is 0 Å². The Labute approximate surface area is 202 Å². The molecule has 3 aromatic rings. The van der Waals surface area contributed by atoms with E-state index in [2.05, 4.69) is 19.6 Å². The van der Waals surface area contributed by atoms with E-state index in [9.17, 15) is 14.0 Å². The molecule has 0 unspecified atom stereocenters. The van der Waals surface area contributed by atoms with E-state index < -0.39 is 0 Å². The van der Waals surface area contributed by atoms with Crippen LogP contribution >= 0.6 is 11.5 Å². The van der Waals surface area contributed by atoms with Crippen molar-refractivity contribution in [3.8, 4) is 0 Å². The van der Waals surface area contributed by atoms with E-state index in [1.165, 1.54) is 17.6 Å². The Balaban J connectivity index is 1.32.